The smallest absolute Gasteiger partial charge is 0.416 e. The van der Waals surface area contributed by atoms with Gasteiger partial charge in [0.25, 0.3) is 5.91 Å². The number of hydrogen-bond acceptors (Lipinski definition) is 4. The van der Waals surface area contributed by atoms with Gasteiger partial charge in [-0.25, -0.2) is 0 Å². The summed E-state index contributed by atoms with van der Waals surface area (Å²) in [5.74, 6) is -1.64. The van der Waals surface area contributed by atoms with E-state index in [2.05, 4.69) is 35.4 Å². The van der Waals surface area contributed by atoms with Gasteiger partial charge < -0.3 is 15.7 Å². The molecule has 1 heterocycles. The maximum atomic E-state index is 13.4. The van der Waals surface area contributed by atoms with Crippen molar-refractivity contribution in [3.63, 3.8) is 0 Å². The molecule has 2 rings (SSSR count). The van der Waals surface area contributed by atoms with Crippen molar-refractivity contribution >= 4 is 11.9 Å². The summed E-state index contributed by atoms with van der Waals surface area (Å²) in [5.41, 5.74) is 3.47. The number of aromatic nitrogens is 1. The van der Waals surface area contributed by atoms with E-state index >= 15 is 0 Å². The van der Waals surface area contributed by atoms with E-state index in [4.69, 9.17) is 5.11 Å². The Bertz CT molecular complexity index is 1290. The molecule has 1 aromatic heterocycles. The number of carbonyl (C=O) groups is 2. The van der Waals surface area contributed by atoms with Crippen molar-refractivity contribution in [2.75, 3.05) is 6.54 Å². The summed E-state index contributed by atoms with van der Waals surface area (Å²) in [7, 11) is 0. The number of allylic oxidation sites excluding steroid dienone is 6. The Labute approximate surface area is 220 Å². The van der Waals surface area contributed by atoms with Crippen molar-refractivity contribution < 1.29 is 27.9 Å². The van der Waals surface area contributed by atoms with Crippen LogP contribution in [0.3, 0.4) is 0 Å². The van der Waals surface area contributed by atoms with E-state index in [-0.39, 0.29) is 30.8 Å². The van der Waals surface area contributed by atoms with Crippen LogP contribution in [-0.4, -0.2) is 28.5 Å². The lowest BCUT2D eigenvalue weighted by molar-refractivity contribution is -0.138. The molecule has 1 aromatic carbocycles. The molecular formula is C29H30F3N3O3. The molecule has 0 saturated carbocycles. The van der Waals surface area contributed by atoms with Crippen molar-refractivity contribution in [1.29, 1.82) is 0 Å². The zero-order valence-electron chi connectivity index (χ0n) is 21.3. The number of rotatable bonds is 12. The molecule has 9 heteroatoms. The fourth-order valence-electron chi connectivity index (χ4n) is 3.25. The van der Waals surface area contributed by atoms with Crippen LogP contribution >= 0.6 is 0 Å². The average molecular weight is 526 g/mol. The monoisotopic (exact) mass is 525 g/mol. The molecule has 3 N–H and O–H groups in total. The fraction of sp³-hybridized carbons (Fsp3) is 0.207. The topological polar surface area (TPSA) is 91.3 Å². The van der Waals surface area contributed by atoms with Crippen LogP contribution in [0.4, 0.5) is 13.2 Å². The van der Waals surface area contributed by atoms with Crippen LogP contribution in [0.1, 0.15) is 41.9 Å². The Hall–Kier alpha value is -4.40. The summed E-state index contributed by atoms with van der Waals surface area (Å²) in [6.07, 6.45) is 1.86. The number of pyridine rings is 1. The highest BCUT2D eigenvalue weighted by Gasteiger charge is 2.31. The molecule has 0 aliphatic heterocycles. The molecule has 0 atom stereocenters. The average Bonchev–Trinajstić information content (AvgIpc) is 2.84. The SMILES string of the molecule is C=C(/C=C\C(=C)C(=C)C=C(C)C)NCc1ccc(C(F)(F)F)cc1-c1ccc(C(=O)NCCC(=O)O)nc1. The summed E-state index contributed by atoms with van der Waals surface area (Å²) < 4.78 is 40.3. The molecule has 200 valence electrons. The molecule has 0 unspecified atom stereocenters. The summed E-state index contributed by atoms with van der Waals surface area (Å²) >= 11 is 0. The van der Waals surface area contributed by atoms with Crippen molar-refractivity contribution in [1.82, 2.24) is 15.6 Å². The number of nitrogens with zero attached hydrogens (tertiary/aromatic N) is 1. The Morgan fingerprint density at radius 2 is 1.74 bits per heavy atom. The number of halogens is 3. The minimum absolute atomic E-state index is 0.0132. The second-order valence-corrected chi connectivity index (χ2v) is 8.69. The van der Waals surface area contributed by atoms with Gasteiger partial charge in [0.15, 0.2) is 0 Å². The first-order valence-corrected chi connectivity index (χ1v) is 11.6. The van der Waals surface area contributed by atoms with Gasteiger partial charge in [0.05, 0.1) is 12.0 Å². The Kier molecular flexibility index (Phi) is 10.4. The highest BCUT2D eigenvalue weighted by molar-refractivity contribution is 5.92. The number of carboxylic acid groups (broad SMARTS) is 1. The lowest BCUT2D eigenvalue weighted by Crippen LogP contribution is -2.26. The first-order valence-electron chi connectivity index (χ1n) is 11.6. The molecule has 0 aliphatic rings. The van der Waals surface area contributed by atoms with E-state index in [1.54, 1.807) is 12.2 Å². The van der Waals surface area contributed by atoms with Gasteiger partial charge in [-0.3, -0.25) is 14.6 Å². The molecule has 0 fully saturated rings. The number of carboxylic acids is 1. The third kappa shape index (κ3) is 9.24. The Morgan fingerprint density at radius 3 is 2.32 bits per heavy atom. The fourth-order valence-corrected chi connectivity index (χ4v) is 3.25. The van der Waals surface area contributed by atoms with E-state index in [0.29, 0.717) is 22.4 Å². The highest BCUT2D eigenvalue weighted by atomic mass is 19.4. The van der Waals surface area contributed by atoms with Crippen LogP contribution in [0.25, 0.3) is 11.1 Å². The molecule has 0 saturated heterocycles. The predicted molar refractivity (Wildman–Crippen MR) is 142 cm³/mol. The normalized spacial score (nSPS) is 11.1. The molecule has 0 aliphatic carbocycles. The molecular weight excluding hydrogens is 495 g/mol. The first kappa shape index (κ1) is 29.8. The summed E-state index contributed by atoms with van der Waals surface area (Å²) in [5, 5.41) is 14.2. The molecule has 38 heavy (non-hydrogen) atoms. The van der Waals surface area contributed by atoms with Gasteiger partial charge in [0, 0.05) is 30.5 Å². The number of benzene rings is 1. The van der Waals surface area contributed by atoms with E-state index in [1.165, 1.54) is 24.4 Å². The van der Waals surface area contributed by atoms with E-state index in [1.807, 2.05) is 19.9 Å². The van der Waals surface area contributed by atoms with Gasteiger partial charge in [0.1, 0.15) is 5.69 Å². The maximum absolute atomic E-state index is 13.4. The second-order valence-electron chi connectivity index (χ2n) is 8.69. The van der Waals surface area contributed by atoms with E-state index in [9.17, 15) is 22.8 Å². The summed E-state index contributed by atoms with van der Waals surface area (Å²) in [6.45, 7) is 15.8. The molecule has 1 amide bonds. The number of carbonyl (C=O) groups excluding carboxylic acids is 1. The summed E-state index contributed by atoms with van der Waals surface area (Å²) in [6, 6.07) is 6.28. The molecule has 0 bridgehead atoms. The molecule has 0 spiro atoms. The minimum Gasteiger partial charge on any atom is -0.481 e. The highest BCUT2D eigenvalue weighted by Crippen LogP contribution is 2.34. The van der Waals surface area contributed by atoms with Crippen LogP contribution < -0.4 is 10.6 Å². The van der Waals surface area contributed by atoms with Crippen LogP contribution in [-0.2, 0) is 17.5 Å². The van der Waals surface area contributed by atoms with E-state index in [0.717, 1.165) is 23.3 Å². The largest absolute Gasteiger partial charge is 0.481 e. The Morgan fingerprint density at radius 1 is 1.03 bits per heavy atom. The van der Waals surface area contributed by atoms with Crippen LogP contribution in [0.2, 0.25) is 0 Å². The standard InChI is InChI=1S/C29H30F3N3O3/c1-18(2)14-20(4)19(3)6-7-21(5)34-16-22-8-10-24(29(30,31)32)15-25(22)23-9-11-26(35-17-23)28(38)33-13-12-27(36)37/h6-11,14-15,17,34H,3-5,12-13,16H2,1-2H3,(H,33,38)(H,36,37)/b7-6-. The van der Waals surface area contributed by atoms with E-state index < -0.39 is 23.6 Å². The predicted octanol–water partition coefficient (Wildman–Crippen LogP) is 6.21. The van der Waals surface area contributed by atoms with Gasteiger partial charge in [0.2, 0.25) is 0 Å². The van der Waals surface area contributed by atoms with Crippen molar-refractivity contribution in [2.45, 2.75) is 33.0 Å². The lowest BCUT2D eigenvalue weighted by Gasteiger charge is -2.15. The number of nitrogens with one attached hydrogen (secondary N) is 2. The number of hydrogen-bond donors (Lipinski definition) is 3. The van der Waals surface area contributed by atoms with Crippen molar-refractivity contribution in [2.24, 2.45) is 0 Å². The molecule has 0 radical (unpaired) electrons. The third-order valence-corrected chi connectivity index (χ3v) is 5.24. The quantitative estimate of drug-likeness (QED) is 0.287. The van der Waals surface area contributed by atoms with Gasteiger partial charge in [-0.2, -0.15) is 13.2 Å². The molecule has 2 aromatic rings. The van der Waals surface area contributed by atoms with Gasteiger partial charge in [-0.15, -0.1) is 0 Å². The second kappa shape index (κ2) is 13.2. The Balaban J connectivity index is 2.23. The van der Waals surface area contributed by atoms with Gasteiger partial charge in [-0.05, 0) is 60.4 Å². The summed E-state index contributed by atoms with van der Waals surface area (Å²) in [4.78, 5) is 26.8. The number of amides is 1. The number of alkyl halides is 3. The van der Waals surface area contributed by atoms with Crippen LogP contribution in [0, 0.1) is 0 Å². The van der Waals surface area contributed by atoms with Gasteiger partial charge in [-0.1, -0.05) is 49.6 Å². The zero-order valence-corrected chi connectivity index (χ0v) is 21.3. The van der Waals surface area contributed by atoms with Crippen molar-refractivity contribution in [3.05, 3.63) is 114 Å². The van der Waals surface area contributed by atoms with Gasteiger partial charge >= 0.3 is 12.1 Å². The third-order valence-electron chi connectivity index (χ3n) is 5.24. The van der Waals surface area contributed by atoms with Crippen molar-refractivity contribution in [3.8, 4) is 11.1 Å². The van der Waals surface area contributed by atoms with Crippen LogP contribution in [0.15, 0.2) is 96.9 Å². The zero-order chi connectivity index (χ0) is 28.5. The maximum Gasteiger partial charge on any atom is 0.416 e. The number of aliphatic carboxylic acids is 1. The minimum atomic E-state index is -4.54. The lowest BCUT2D eigenvalue weighted by atomic mass is 9.97. The first-order chi connectivity index (χ1) is 17.8. The van der Waals surface area contributed by atoms with Crippen LogP contribution in [0.5, 0.6) is 0 Å². The molecule has 6 nitrogen and oxygen atoms in total.